The van der Waals surface area contributed by atoms with Gasteiger partial charge in [0.15, 0.2) is 0 Å². The van der Waals surface area contributed by atoms with E-state index in [1.54, 1.807) is 14.0 Å². The molecule has 4 heteroatoms. The predicted octanol–water partition coefficient (Wildman–Crippen LogP) is 0.906. The minimum Gasteiger partial charge on any atom is -0.466 e. The van der Waals surface area contributed by atoms with E-state index in [0.29, 0.717) is 19.6 Å². The number of hydrogen-bond acceptors (Lipinski definition) is 4. The molecule has 0 rings (SSSR count). The van der Waals surface area contributed by atoms with E-state index >= 15 is 0 Å². The van der Waals surface area contributed by atoms with Crippen molar-refractivity contribution in [3.05, 3.63) is 0 Å². The van der Waals surface area contributed by atoms with Crippen molar-refractivity contribution in [1.82, 2.24) is 4.90 Å². The fourth-order valence-corrected chi connectivity index (χ4v) is 1.17. The molecule has 84 valence electrons. The van der Waals surface area contributed by atoms with E-state index < -0.39 is 0 Å². The molecule has 1 atom stereocenters. The zero-order valence-electron chi connectivity index (χ0n) is 9.79. The number of rotatable bonds is 6. The Hall–Kier alpha value is -0.610. The standard InChI is InChI=1S/C10H21NO3/c1-6-14-9(12)7-10(2,8-13-5)11(3)4/h6-8H2,1-5H3. The number of likely N-dealkylation sites (N-methyl/N-ethyl adjacent to an activating group) is 1. The van der Waals surface area contributed by atoms with Crippen LogP contribution in [0.5, 0.6) is 0 Å². The molecule has 0 aromatic heterocycles. The van der Waals surface area contributed by atoms with Gasteiger partial charge < -0.3 is 14.4 Å². The van der Waals surface area contributed by atoms with Crippen LogP contribution >= 0.6 is 0 Å². The molecule has 4 nitrogen and oxygen atoms in total. The molecule has 0 aliphatic heterocycles. The van der Waals surface area contributed by atoms with E-state index in [4.69, 9.17) is 9.47 Å². The zero-order valence-corrected chi connectivity index (χ0v) is 9.79. The Morgan fingerprint density at radius 2 is 2.00 bits per heavy atom. The van der Waals surface area contributed by atoms with Gasteiger partial charge in [0.2, 0.25) is 0 Å². The van der Waals surface area contributed by atoms with Gasteiger partial charge in [-0.1, -0.05) is 0 Å². The van der Waals surface area contributed by atoms with Gasteiger partial charge >= 0.3 is 5.97 Å². The Morgan fingerprint density at radius 3 is 2.36 bits per heavy atom. The lowest BCUT2D eigenvalue weighted by Gasteiger charge is -2.34. The van der Waals surface area contributed by atoms with Crippen molar-refractivity contribution in [2.24, 2.45) is 0 Å². The SMILES string of the molecule is CCOC(=O)CC(C)(COC)N(C)C. The Balaban J connectivity index is 4.28. The van der Waals surface area contributed by atoms with Crippen LogP contribution in [0.25, 0.3) is 0 Å². The van der Waals surface area contributed by atoms with Gasteiger partial charge in [-0.3, -0.25) is 4.79 Å². The van der Waals surface area contributed by atoms with Crippen LogP contribution in [0.3, 0.4) is 0 Å². The molecule has 0 aromatic rings. The molecule has 0 aliphatic rings. The lowest BCUT2D eigenvalue weighted by atomic mass is 9.98. The second-order valence-electron chi connectivity index (χ2n) is 3.81. The van der Waals surface area contributed by atoms with Crippen LogP contribution in [-0.4, -0.2) is 50.8 Å². The Morgan fingerprint density at radius 1 is 1.43 bits per heavy atom. The molecule has 14 heavy (non-hydrogen) atoms. The maximum atomic E-state index is 11.3. The van der Waals surface area contributed by atoms with E-state index in [1.165, 1.54) is 0 Å². The number of methoxy groups -OCH3 is 1. The molecule has 0 aliphatic carbocycles. The maximum absolute atomic E-state index is 11.3. The summed E-state index contributed by atoms with van der Waals surface area (Å²) in [6.07, 6.45) is 0.349. The Kier molecular flexibility index (Phi) is 5.72. The van der Waals surface area contributed by atoms with Crippen molar-refractivity contribution in [3.8, 4) is 0 Å². The Labute approximate surface area is 86.2 Å². The molecule has 0 amide bonds. The molecule has 1 unspecified atom stereocenters. The van der Waals surface area contributed by atoms with Gasteiger partial charge in [-0.25, -0.2) is 0 Å². The molecule has 0 spiro atoms. The normalized spacial score (nSPS) is 15.3. The first-order valence-electron chi connectivity index (χ1n) is 4.78. The van der Waals surface area contributed by atoms with Crippen molar-refractivity contribution in [3.63, 3.8) is 0 Å². The van der Waals surface area contributed by atoms with Crippen molar-refractivity contribution in [1.29, 1.82) is 0 Å². The summed E-state index contributed by atoms with van der Waals surface area (Å²) in [7, 11) is 5.49. The van der Waals surface area contributed by atoms with E-state index in [9.17, 15) is 4.79 Å². The van der Waals surface area contributed by atoms with Gasteiger partial charge in [-0.15, -0.1) is 0 Å². The Bertz CT molecular complexity index is 182. The first-order valence-corrected chi connectivity index (χ1v) is 4.78. The molecule has 0 saturated heterocycles. The highest BCUT2D eigenvalue weighted by Crippen LogP contribution is 2.17. The van der Waals surface area contributed by atoms with Gasteiger partial charge in [0.1, 0.15) is 0 Å². The summed E-state index contributed by atoms with van der Waals surface area (Å²) in [4.78, 5) is 13.3. The third-order valence-electron chi connectivity index (χ3n) is 2.37. The highest BCUT2D eigenvalue weighted by Gasteiger charge is 2.30. The van der Waals surface area contributed by atoms with Crippen LogP contribution in [0.15, 0.2) is 0 Å². The number of nitrogens with zero attached hydrogens (tertiary/aromatic N) is 1. The van der Waals surface area contributed by atoms with Crippen LogP contribution in [-0.2, 0) is 14.3 Å². The molecule has 0 heterocycles. The molecular formula is C10H21NO3. The fourth-order valence-electron chi connectivity index (χ4n) is 1.17. The van der Waals surface area contributed by atoms with Gasteiger partial charge in [-0.05, 0) is 27.9 Å². The topological polar surface area (TPSA) is 38.8 Å². The van der Waals surface area contributed by atoms with Crippen LogP contribution in [0, 0.1) is 0 Å². The average Bonchev–Trinajstić information content (AvgIpc) is 2.04. The van der Waals surface area contributed by atoms with Crippen LogP contribution < -0.4 is 0 Å². The molecular weight excluding hydrogens is 182 g/mol. The lowest BCUT2D eigenvalue weighted by Crippen LogP contribution is -2.47. The number of hydrogen-bond donors (Lipinski definition) is 0. The lowest BCUT2D eigenvalue weighted by molar-refractivity contribution is -0.146. The monoisotopic (exact) mass is 203 g/mol. The molecule has 0 fully saturated rings. The van der Waals surface area contributed by atoms with Crippen LogP contribution in [0.4, 0.5) is 0 Å². The molecule has 0 saturated carbocycles. The highest BCUT2D eigenvalue weighted by molar-refractivity contribution is 5.70. The summed E-state index contributed by atoms with van der Waals surface area (Å²) < 4.78 is 10.0. The maximum Gasteiger partial charge on any atom is 0.307 e. The summed E-state index contributed by atoms with van der Waals surface area (Å²) in [6, 6.07) is 0. The van der Waals surface area contributed by atoms with Gasteiger partial charge in [0, 0.05) is 7.11 Å². The summed E-state index contributed by atoms with van der Waals surface area (Å²) in [6.45, 7) is 4.72. The molecule has 0 radical (unpaired) electrons. The largest absolute Gasteiger partial charge is 0.466 e. The van der Waals surface area contributed by atoms with Gasteiger partial charge in [0.25, 0.3) is 0 Å². The van der Waals surface area contributed by atoms with Gasteiger partial charge in [0.05, 0.1) is 25.2 Å². The summed E-state index contributed by atoms with van der Waals surface area (Å²) in [5.74, 6) is -0.180. The molecule has 0 aromatic carbocycles. The third kappa shape index (κ3) is 4.07. The van der Waals surface area contributed by atoms with E-state index in [-0.39, 0.29) is 11.5 Å². The van der Waals surface area contributed by atoms with Crippen molar-refractivity contribution >= 4 is 5.97 Å². The van der Waals surface area contributed by atoms with Crippen molar-refractivity contribution in [2.75, 3.05) is 34.4 Å². The predicted molar refractivity (Wildman–Crippen MR) is 55.2 cm³/mol. The van der Waals surface area contributed by atoms with Gasteiger partial charge in [-0.2, -0.15) is 0 Å². The average molecular weight is 203 g/mol. The molecule has 0 bridgehead atoms. The highest BCUT2D eigenvalue weighted by atomic mass is 16.5. The zero-order chi connectivity index (χ0) is 11.2. The minimum atomic E-state index is -0.291. The number of esters is 1. The van der Waals surface area contributed by atoms with Crippen molar-refractivity contribution < 1.29 is 14.3 Å². The van der Waals surface area contributed by atoms with Crippen LogP contribution in [0.1, 0.15) is 20.3 Å². The summed E-state index contributed by atoms with van der Waals surface area (Å²) in [5, 5.41) is 0. The smallest absolute Gasteiger partial charge is 0.307 e. The van der Waals surface area contributed by atoms with E-state index in [1.807, 2.05) is 25.9 Å². The van der Waals surface area contributed by atoms with E-state index in [2.05, 4.69) is 0 Å². The number of carbonyl (C=O) groups excluding carboxylic acids is 1. The quantitative estimate of drug-likeness (QED) is 0.601. The van der Waals surface area contributed by atoms with Crippen LogP contribution in [0.2, 0.25) is 0 Å². The summed E-state index contributed by atoms with van der Waals surface area (Å²) >= 11 is 0. The fraction of sp³-hybridized carbons (Fsp3) is 0.900. The first-order chi connectivity index (χ1) is 6.46. The third-order valence-corrected chi connectivity index (χ3v) is 2.37. The van der Waals surface area contributed by atoms with Crippen molar-refractivity contribution in [2.45, 2.75) is 25.8 Å². The molecule has 0 N–H and O–H groups in total. The second kappa shape index (κ2) is 5.98. The number of carbonyl (C=O) groups is 1. The minimum absolute atomic E-state index is 0.180. The van der Waals surface area contributed by atoms with E-state index in [0.717, 1.165) is 0 Å². The summed E-state index contributed by atoms with van der Waals surface area (Å²) in [5.41, 5.74) is -0.291. The first kappa shape index (κ1) is 13.4. The second-order valence-corrected chi connectivity index (χ2v) is 3.81. The number of ether oxygens (including phenoxy) is 2.